The highest BCUT2D eigenvalue weighted by Crippen LogP contribution is 2.15. The summed E-state index contributed by atoms with van der Waals surface area (Å²) in [6.07, 6.45) is 1.82. The lowest BCUT2D eigenvalue weighted by atomic mass is 10.1. The van der Waals surface area contributed by atoms with E-state index < -0.39 is 0 Å². The monoisotopic (exact) mass is 354 g/mol. The van der Waals surface area contributed by atoms with Gasteiger partial charge in [-0.3, -0.25) is 9.59 Å². The molecule has 2 aromatic carbocycles. The molecule has 5 heteroatoms. The number of anilines is 1. The van der Waals surface area contributed by atoms with Crippen LogP contribution in [0, 0.1) is 0 Å². The number of ether oxygens (including phenoxy) is 1. The predicted molar refractivity (Wildman–Crippen MR) is 104 cm³/mol. The van der Waals surface area contributed by atoms with E-state index in [4.69, 9.17) is 4.74 Å². The van der Waals surface area contributed by atoms with Gasteiger partial charge in [0.25, 0.3) is 11.8 Å². The number of hydrogen-bond donors (Lipinski definition) is 2. The maximum absolute atomic E-state index is 12.3. The number of nitrogens with one attached hydrogen (secondary N) is 2. The number of carbonyl (C=O) groups excluding carboxylic acids is 2. The highest BCUT2D eigenvalue weighted by atomic mass is 16.5. The van der Waals surface area contributed by atoms with Crippen LogP contribution >= 0.6 is 0 Å². The van der Waals surface area contributed by atoms with Crippen molar-refractivity contribution in [2.75, 3.05) is 11.9 Å². The van der Waals surface area contributed by atoms with Crippen LogP contribution in [-0.4, -0.2) is 24.5 Å². The molecule has 0 aromatic heterocycles. The van der Waals surface area contributed by atoms with Crippen LogP contribution in [0.5, 0.6) is 5.75 Å². The van der Waals surface area contributed by atoms with Gasteiger partial charge in [0.2, 0.25) is 0 Å². The number of rotatable bonds is 8. The van der Waals surface area contributed by atoms with Gasteiger partial charge in [0.05, 0.1) is 6.61 Å². The first-order chi connectivity index (χ1) is 12.5. The van der Waals surface area contributed by atoms with Crippen LogP contribution in [0.15, 0.2) is 48.5 Å². The minimum Gasteiger partial charge on any atom is -0.494 e. The zero-order chi connectivity index (χ0) is 18.9. The van der Waals surface area contributed by atoms with Gasteiger partial charge in [0.1, 0.15) is 5.75 Å². The summed E-state index contributed by atoms with van der Waals surface area (Å²) in [7, 11) is 0. The van der Waals surface area contributed by atoms with Crippen molar-refractivity contribution in [3.05, 3.63) is 59.7 Å². The molecule has 0 spiro atoms. The summed E-state index contributed by atoms with van der Waals surface area (Å²) in [6.45, 7) is 6.68. The number of amides is 2. The molecule has 2 rings (SSSR count). The van der Waals surface area contributed by atoms with Crippen molar-refractivity contribution in [3.63, 3.8) is 0 Å². The second kappa shape index (κ2) is 9.61. The van der Waals surface area contributed by atoms with Crippen molar-refractivity contribution >= 4 is 17.5 Å². The molecule has 2 amide bonds. The van der Waals surface area contributed by atoms with Gasteiger partial charge < -0.3 is 15.4 Å². The Morgan fingerprint density at radius 3 is 2.08 bits per heavy atom. The molecule has 0 aliphatic heterocycles. The predicted octanol–water partition coefficient (Wildman–Crippen LogP) is 4.26. The Morgan fingerprint density at radius 2 is 1.50 bits per heavy atom. The molecule has 0 radical (unpaired) electrons. The fourth-order valence-electron chi connectivity index (χ4n) is 2.24. The maximum atomic E-state index is 12.3. The zero-order valence-electron chi connectivity index (χ0n) is 15.5. The molecule has 1 atom stereocenters. The number of hydrogen-bond acceptors (Lipinski definition) is 3. The van der Waals surface area contributed by atoms with Crippen LogP contribution in [0.25, 0.3) is 0 Å². The molecule has 0 fully saturated rings. The Hall–Kier alpha value is -2.82. The SMILES string of the molecule is CCCOc1ccc(C(=O)Nc2ccc(C(=O)NC(C)CC)cc2)cc1. The van der Waals surface area contributed by atoms with E-state index in [1.807, 2.05) is 20.8 Å². The van der Waals surface area contributed by atoms with Crippen LogP contribution in [0.4, 0.5) is 5.69 Å². The van der Waals surface area contributed by atoms with E-state index in [2.05, 4.69) is 10.6 Å². The van der Waals surface area contributed by atoms with E-state index in [0.717, 1.165) is 18.6 Å². The number of carbonyl (C=O) groups is 2. The highest BCUT2D eigenvalue weighted by molar-refractivity contribution is 6.04. The van der Waals surface area contributed by atoms with Gasteiger partial charge in [-0.1, -0.05) is 13.8 Å². The van der Waals surface area contributed by atoms with Gasteiger partial charge in [-0.2, -0.15) is 0 Å². The molecule has 2 aromatic rings. The third-order valence-corrected chi connectivity index (χ3v) is 3.98. The molecule has 0 aliphatic rings. The molecule has 0 heterocycles. The molecule has 26 heavy (non-hydrogen) atoms. The van der Waals surface area contributed by atoms with Crippen LogP contribution in [0.2, 0.25) is 0 Å². The summed E-state index contributed by atoms with van der Waals surface area (Å²) < 4.78 is 5.51. The average Bonchev–Trinajstić information content (AvgIpc) is 2.67. The fraction of sp³-hybridized carbons (Fsp3) is 0.333. The van der Waals surface area contributed by atoms with Crippen molar-refractivity contribution in [1.29, 1.82) is 0 Å². The largest absolute Gasteiger partial charge is 0.494 e. The van der Waals surface area contributed by atoms with E-state index in [-0.39, 0.29) is 17.9 Å². The van der Waals surface area contributed by atoms with Crippen molar-refractivity contribution in [2.24, 2.45) is 0 Å². The highest BCUT2D eigenvalue weighted by Gasteiger charge is 2.10. The lowest BCUT2D eigenvalue weighted by Gasteiger charge is -2.12. The quantitative estimate of drug-likeness (QED) is 0.744. The lowest BCUT2D eigenvalue weighted by molar-refractivity contribution is 0.0938. The lowest BCUT2D eigenvalue weighted by Crippen LogP contribution is -2.31. The van der Waals surface area contributed by atoms with Gasteiger partial charge in [-0.25, -0.2) is 0 Å². The maximum Gasteiger partial charge on any atom is 0.255 e. The number of benzene rings is 2. The van der Waals surface area contributed by atoms with Crippen LogP contribution in [-0.2, 0) is 0 Å². The smallest absolute Gasteiger partial charge is 0.255 e. The standard InChI is InChI=1S/C21H26N2O3/c1-4-14-26-19-12-8-17(9-13-19)21(25)23-18-10-6-16(7-11-18)20(24)22-15(3)5-2/h6-13,15H,4-5,14H2,1-3H3,(H,22,24)(H,23,25). The first-order valence-electron chi connectivity index (χ1n) is 8.98. The van der Waals surface area contributed by atoms with Crippen molar-refractivity contribution < 1.29 is 14.3 Å². The van der Waals surface area contributed by atoms with Crippen LogP contribution < -0.4 is 15.4 Å². The summed E-state index contributed by atoms with van der Waals surface area (Å²) in [6, 6.07) is 14.0. The average molecular weight is 354 g/mol. The molecular formula is C21H26N2O3. The molecule has 0 saturated heterocycles. The Balaban J connectivity index is 1.95. The second-order valence-corrected chi connectivity index (χ2v) is 6.19. The van der Waals surface area contributed by atoms with Crippen molar-refractivity contribution in [1.82, 2.24) is 5.32 Å². The van der Waals surface area contributed by atoms with E-state index in [1.165, 1.54) is 0 Å². The van der Waals surface area contributed by atoms with E-state index >= 15 is 0 Å². The van der Waals surface area contributed by atoms with Crippen LogP contribution in [0.3, 0.4) is 0 Å². The Labute approximate surface area is 154 Å². The summed E-state index contributed by atoms with van der Waals surface area (Å²) in [4.78, 5) is 24.4. The minimum absolute atomic E-state index is 0.111. The molecule has 1 unspecified atom stereocenters. The van der Waals surface area contributed by atoms with E-state index in [9.17, 15) is 9.59 Å². The summed E-state index contributed by atoms with van der Waals surface area (Å²) in [5, 5.41) is 5.74. The van der Waals surface area contributed by atoms with Crippen molar-refractivity contribution in [3.8, 4) is 5.75 Å². The van der Waals surface area contributed by atoms with Gasteiger partial charge in [-0.15, -0.1) is 0 Å². The van der Waals surface area contributed by atoms with Crippen molar-refractivity contribution in [2.45, 2.75) is 39.7 Å². The van der Waals surface area contributed by atoms with E-state index in [1.54, 1.807) is 48.5 Å². The third-order valence-electron chi connectivity index (χ3n) is 3.98. The first-order valence-corrected chi connectivity index (χ1v) is 8.98. The molecule has 2 N–H and O–H groups in total. The molecule has 138 valence electrons. The molecule has 0 saturated carbocycles. The third kappa shape index (κ3) is 5.62. The topological polar surface area (TPSA) is 67.4 Å². The second-order valence-electron chi connectivity index (χ2n) is 6.19. The summed E-state index contributed by atoms with van der Waals surface area (Å²) in [5.41, 5.74) is 1.76. The molecular weight excluding hydrogens is 328 g/mol. The van der Waals surface area contributed by atoms with Crippen LogP contribution in [0.1, 0.15) is 54.3 Å². The van der Waals surface area contributed by atoms with Gasteiger partial charge >= 0.3 is 0 Å². The molecule has 0 bridgehead atoms. The molecule has 0 aliphatic carbocycles. The fourth-order valence-corrected chi connectivity index (χ4v) is 2.24. The first kappa shape index (κ1) is 19.5. The molecule has 5 nitrogen and oxygen atoms in total. The van der Waals surface area contributed by atoms with Gasteiger partial charge in [0, 0.05) is 22.9 Å². The Morgan fingerprint density at radius 1 is 0.923 bits per heavy atom. The van der Waals surface area contributed by atoms with Gasteiger partial charge in [-0.05, 0) is 68.3 Å². The van der Waals surface area contributed by atoms with Gasteiger partial charge in [0.15, 0.2) is 0 Å². The van der Waals surface area contributed by atoms with E-state index in [0.29, 0.717) is 23.4 Å². The zero-order valence-corrected chi connectivity index (χ0v) is 15.5. The Bertz CT molecular complexity index is 724. The summed E-state index contributed by atoms with van der Waals surface area (Å²) in [5.74, 6) is 0.434. The normalized spacial score (nSPS) is 11.5. The minimum atomic E-state index is -0.205. The summed E-state index contributed by atoms with van der Waals surface area (Å²) >= 11 is 0. The Kier molecular flexibility index (Phi) is 7.21.